The number of benzene rings is 1. The molecular weight excluding hydrogens is 203 g/mol. The Labute approximate surface area is 97.3 Å². The van der Waals surface area contributed by atoms with Gasteiger partial charge in [0.15, 0.2) is 0 Å². The molecule has 5 heteroatoms. The highest BCUT2D eigenvalue weighted by Crippen LogP contribution is 2.09. The normalized spacial score (nSPS) is 10.6. The predicted molar refractivity (Wildman–Crippen MR) is 68.1 cm³/mol. The number of anilines is 1. The Bertz CT molecular complexity index is 314. The summed E-state index contributed by atoms with van der Waals surface area (Å²) in [6.45, 7) is 1.93. The molecule has 0 aromatic heterocycles. The second-order valence-corrected chi connectivity index (χ2v) is 4.19. The molecule has 0 radical (unpaired) electrons. The van der Waals surface area contributed by atoms with Crippen molar-refractivity contribution < 1.29 is 10.0 Å². The number of rotatable bonds is 5. The van der Waals surface area contributed by atoms with E-state index in [1.807, 2.05) is 33.3 Å². The molecule has 0 saturated carbocycles. The van der Waals surface area contributed by atoms with E-state index in [9.17, 15) is 0 Å². The van der Waals surface area contributed by atoms with Crippen LogP contribution in [0.2, 0.25) is 0 Å². The van der Waals surface area contributed by atoms with Crippen molar-refractivity contribution in [3.63, 3.8) is 0 Å². The second-order valence-electron chi connectivity index (χ2n) is 4.19. The molecule has 0 fully saturated rings. The van der Waals surface area contributed by atoms with Gasteiger partial charge in [0.05, 0.1) is 0 Å². The van der Waals surface area contributed by atoms with Crippen LogP contribution in [0.5, 0.6) is 0 Å². The monoisotopic (exact) mass is 222 g/mol. The average molecular weight is 222 g/mol. The maximum absolute atomic E-state index is 8.96. The lowest BCUT2D eigenvalue weighted by atomic mass is 9.80. The van der Waals surface area contributed by atoms with Gasteiger partial charge < -0.3 is 19.8 Å². The van der Waals surface area contributed by atoms with E-state index >= 15 is 0 Å². The fourth-order valence-corrected chi connectivity index (χ4v) is 1.38. The molecule has 0 aliphatic heterocycles. The fourth-order valence-electron chi connectivity index (χ4n) is 1.38. The fraction of sp³-hybridized carbons (Fsp3) is 0.455. The summed E-state index contributed by atoms with van der Waals surface area (Å²) in [4.78, 5) is 4.26. The molecule has 0 heterocycles. The van der Waals surface area contributed by atoms with Gasteiger partial charge in [-0.15, -0.1) is 0 Å². The number of hydrogen-bond acceptors (Lipinski definition) is 4. The highest BCUT2D eigenvalue weighted by atomic mass is 16.4. The summed E-state index contributed by atoms with van der Waals surface area (Å²) in [6, 6.07) is 7.24. The van der Waals surface area contributed by atoms with E-state index in [1.54, 1.807) is 12.1 Å². The quantitative estimate of drug-likeness (QED) is 0.651. The van der Waals surface area contributed by atoms with Crippen LogP contribution in [0.4, 0.5) is 5.69 Å². The smallest absolute Gasteiger partial charge is 0.423 e. The molecule has 1 aromatic rings. The molecule has 0 bridgehead atoms. The first-order valence-electron chi connectivity index (χ1n) is 5.32. The largest absolute Gasteiger partial charge is 0.488 e. The van der Waals surface area contributed by atoms with Crippen LogP contribution in [0.15, 0.2) is 24.3 Å². The molecule has 0 saturated heterocycles. The molecule has 0 atom stereocenters. The first-order chi connectivity index (χ1) is 7.50. The first kappa shape index (κ1) is 13.0. The number of hydrogen-bond donors (Lipinski definition) is 2. The molecular formula is C11H19BN2O2. The van der Waals surface area contributed by atoms with Crippen molar-refractivity contribution in [2.45, 2.75) is 0 Å². The van der Waals surface area contributed by atoms with Gasteiger partial charge in [0, 0.05) is 25.8 Å². The van der Waals surface area contributed by atoms with Crippen molar-refractivity contribution >= 4 is 18.3 Å². The van der Waals surface area contributed by atoms with Gasteiger partial charge in [0.2, 0.25) is 0 Å². The lowest BCUT2D eigenvalue weighted by molar-refractivity contribution is 0.416. The van der Waals surface area contributed by atoms with Gasteiger partial charge in [-0.2, -0.15) is 0 Å². The lowest BCUT2D eigenvalue weighted by Gasteiger charge is -2.21. The third kappa shape index (κ3) is 3.85. The van der Waals surface area contributed by atoms with E-state index in [0.29, 0.717) is 5.46 Å². The standard InChI is InChI=1S/C11H19BN2O2/c1-13(2)8-9-14(3)11-6-4-10(5-7-11)12(15)16/h4-7,15-16H,8-9H2,1-3H3. The van der Waals surface area contributed by atoms with Crippen LogP contribution >= 0.6 is 0 Å². The first-order valence-corrected chi connectivity index (χ1v) is 5.32. The third-order valence-electron chi connectivity index (χ3n) is 2.51. The maximum atomic E-state index is 8.96. The number of nitrogens with zero attached hydrogens (tertiary/aromatic N) is 2. The zero-order chi connectivity index (χ0) is 12.1. The molecule has 0 amide bonds. The van der Waals surface area contributed by atoms with E-state index in [-0.39, 0.29) is 0 Å². The lowest BCUT2D eigenvalue weighted by Crippen LogP contribution is -2.31. The van der Waals surface area contributed by atoms with E-state index in [1.165, 1.54) is 0 Å². The van der Waals surface area contributed by atoms with Crippen molar-refractivity contribution in [3.8, 4) is 0 Å². The van der Waals surface area contributed by atoms with Gasteiger partial charge in [-0.05, 0) is 31.7 Å². The van der Waals surface area contributed by atoms with Crippen LogP contribution in [-0.2, 0) is 0 Å². The minimum Gasteiger partial charge on any atom is -0.423 e. The number of likely N-dealkylation sites (N-methyl/N-ethyl adjacent to an activating group) is 2. The summed E-state index contributed by atoms with van der Waals surface area (Å²) in [5, 5.41) is 17.9. The zero-order valence-corrected chi connectivity index (χ0v) is 10.1. The van der Waals surface area contributed by atoms with E-state index in [0.717, 1.165) is 18.8 Å². The Hall–Kier alpha value is -1.04. The summed E-state index contributed by atoms with van der Waals surface area (Å²) in [5.41, 5.74) is 1.59. The Balaban J connectivity index is 2.59. The molecule has 0 aliphatic rings. The third-order valence-corrected chi connectivity index (χ3v) is 2.51. The van der Waals surface area contributed by atoms with Gasteiger partial charge in [-0.25, -0.2) is 0 Å². The summed E-state index contributed by atoms with van der Waals surface area (Å²) >= 11 is 0. The Morgan fingerprint density at radius 2 is 1.56 bits per heavy atom. The molecule has 2 N–H and O–H groups in total. The van der Waals surface area contributed by atoms with Crippen molar-refractivity contribution in [3.05, 3.63) is 24.3 Å². The van der Waals surface area contributed by atoms with Crippen molar-refractivity contribution in [1.29, 1.82) is 0 Å². The van der Waals surface area contributed by atoms with Crippen molar-refractivity contribution in [2.24, 2.45) is 0 Å². The van der Waals surface area contributed by atoms with Crippen LogP contribution in [-0.4, -0.2) is 56.3 Å². The van der Waals surface area contributed by atoms with Gasteiger partial charge in [-0.3, -0.25) is 0 Å². The van der Waals surface area contributed by atoms with Gasteiger partial charge >= 0.3 is 7.12 Å². The summed E-state index contributed by atoms with van der Waals surface area (Å²) < 4.78 is 0. The van der Waals surface area contributed by atoms with Crippen LogP contribution in [0.25, 0.3) is 0 Å². The highest BCUT2D eigenvalue weighted by Gasteiger charge is 2.10. The molecule has 1 rings (SSSR count). The summed E-state index contributed by atoms with van der Waals surface area (Å²) in [7, 11) is 4.72. The Morgan fingerprint density at radius 3 is 2.00 bits per heavy atom. The summed E-state index contributed by atoms with van der Waals surface area (Å²) in [5.74, 6) is 0. The molecule has 16 heavy (non-hydrogen) atoms. The topological polar surface area (TPSA) is 46.9 Å². The predicted octanol–water partition coefficient (Wildman–Crippen LogP) is -0.636. The van der Waals surface area contributed by atoms with Crippen LogP contribution in [0.3, 0.4) is 0 Å². The minimum absolute atomic E-state index is 0.518. The molecule has 1 aromatic carbocycles. The van der Waals surface area contributed by atoms with Gasteiger partial charge in [0.1, 0.15) is 0 Å². The highest BCUT2D eigenvalue weighted by molar-refractivity contribution is 6.58. The second kappa shape index (κ2) is 5.89. The molecule has 0 aliphatic carbocycles. The maximum Gasteiger partial charge on any atom is 0.488 e. The van der Waals surface area contributed by atoms with Crippen molar-refractivity contribution in [2.75, 3.05) is 39.1 Å². The van der Waals surface area contributed by atoms with Gasteiger partial charge in [-0.1, -0.05) is 12.1 Å². The van der Waals surface area contributed by atoms with E-state index in [4.69, 9.17) is 10.0 Å². The van der Waals surface area contributed by atoms with Crippen LogP contribution < -0.4 is 10.4 Å². The minimum atomic E-state index is -1.39. The average Bonchev–Trinajstić information content (AvgIpc) is 2.26. The SMILES string of the molecule is CN(C)CCN(C)c1ccc(B(O)O)cc1. The van der Waals surface area contributed by atoms with Crippen molar-refractivity contribution in [1.82, 2.24) is 4.90 Å². The Morgan fingerprint density at radius 1 is 1.00 bits per heavy atom. The van der Waals surface area contributed by atoms with Gasteiger partial charge in [0.25, 0.3) is 0 Å². The van der Waals surface area contributed by atoms with E-state index in [2.05, 4.69) is 9.80 Å². The summed E-state index contributed by atoms with van der Waals surface area (Å²) in [6.07, 6.45) is 0. The molecule has 0 unspecified atom stereocenters. The molecule has 0 spiro atoms. The zero-order valence-electron chi connectivity index (χ0n) is 10.1. The molecule has 4 nitrogen and oxygen atoms in total. The molecule has 88 valence electrons. The van der Waals surface area contributed by atoms with E-state index < -0.39 is 7.12 Å². The Kier molecular flexibility index (Phi) is 4.80. The van der Waals surface area contributed by atoms with Crippen LogP contribution in [0, 0.1) is 0 Å². The van der Waals surface area contributed by atoms with Crippen LogP contribution in [0.1, 0.15) is 0 Å².